The summed E-state index contributed by atoms with van der Waals surface area (Å²) in [6.45, 7) is 5.54. The van der Waals surface area contributed by atoms with Crippen molar-refractivity contribution in [1.29, 1.82) is 0 Å². The Balaban J connectivity index is 1.40. The highest BCUT2D eigenvalue weighted by molar-refractivity contribution is 5.79. The van der Waals surface area contributed by atoms with Crippen LogP contribution in [0.2, 0.25) is 0 Å². The van der Waals surface area contributed by atoms with Crippen LogP contribution in [0.1, 0.15) is 19.3 Å². The number of methoxy groups -OCH3 is 1. The Labute approximate surface area is 160 Å². The molecule has 2 aliphatic heterocycles. The average Bonchev–Trinajstić information content (AvgIpc) is 2.74. The molecule has 7 heteroatoms. The van der Waals surface area contributed by atoms with Crippen molar-refractivity contribution in [3.05, 3.63) is 24.3 Å². The number of hydrogen-bond donors (Lipinski definition) is 0. The summed E-state index contributed by atoms with van der Waals surface area (Å²) in [7, 11) is 1.68. The number of ether oxygens (including phenoxy) is 2. The molecule has 1 aromatic carbocycles. The fourth-order valence-corrected chi connectivity index (χ4v) is 3.61. The summed E-state index contributed by atoms with van der Waals surface area (Å²) in [5.74, 6) is 1.13. The van der Waals surface area contributed by atoms with Crippen LogP contribution in [0.3, 0.4) is 0 Å². The minimum atomic E-state index is 0.132. The topological polar surface area (TPSA) is 62.3 Å². The second kappa shape index (κ2) is 9.60. The van der Waals surface area contributed by atoms with Gasteiger partial charge in [0.25, 0.3) is 0 Å². The van der Waals surface area contributed by atoms with Crippen molar-refractivity contribution in [2.45, 2.75) is 19.3 Å². The van der Waals surface area contributed by atoms with E-state index in [1.54, 1.807) is 7.11 Å². The van der Waals surface area contributed by atoms with Crippen molar-refractivity contribution in [2.75, 3.05) is 64.5 Å². The molecule has 0 atom stereocenters. The molecule has 2 amide bonds. The van der Waals surface area contributed by atoms with Gasteiger partial charge < -0.3 is 24.2 Å². The van der Waals surface area contributed by atoms with Crippen LogP contribution in [0, 0.1) is 0 Å². The molecule has 1 aromatic rings. The highest BCUT2D eigenvalue weighted by atomic mass is 16.5. The Morgan fingerprint density at radius 3 is 2.15 bits per heavy atom. The van der Waals surface area contributed by atoms with E-state index in [0.717, 1.165) is 24.5 Å². The highest BCUT2D eigenvalue weighted by Gasteiger charge is 2.23. The van der Waals surface area contributed by atoms with E-state index < -0.39 is 0 Å². The number of para-hydroxylation sites is 2. The van der Waals surface area contributed by atoms with E-state index in [1.807, 2.05) is 34.1 Å². The Morgan fingerprint density at radius 1 is 0.926 bits per heavy atom. The smallest absolute Gasteiger partial charge is 0.222 e. The van der Waals surface area contributed by atoms with Crippen molar-refractivity contribution in [2.24, 2.45) is 0 Å². The van der Waals surface area contributed by atoms with Crippen molar-refractivity contribution < 1.29 is 19.1 Å². The molecule has 0 aromatic heterocycles. The number of carbonyl (C=O) groups is 2. The summed E-state index contributed by atoms with van der Waals surface area (Å²) in [5.41, 5.74) is 1.07. The zero-order valence-electron chi connectivity index (χ0n) is 16.1. The van der Waals surface area contributed by atoms with E-state index in [-0.39, 0.29) is 11.8 Å². The lowest BCUT2D eigenvalue weighted by Gasteiger charge is -2.36. The van der Waals surface area contributed by atoms with Crippen LogP contribution in [-0.2, 0) is 14.3 Å². The van der Waals surface area contributed by atoms with Gasteiger partial charge in [0.2, 0.25) is 11.8 Å². The van der Waals surface area contributed by atoms with Crippen molar-refractivity contribution in [3.63, 3.8) is 0 Å². The third kappa shape index (κ3) is 5.13. The minimum absolute atomic E-state index is 0.132. The Bertz CT molecular complexity index is 638. The predicted octanol–water partition coefficient (Wildman–Crippen LogP) is 1.37. The normalized spacial score (nSPS) is 17.7. The third-order valence-corrected chi connectivity index (χ3v) is 5.20. The van der Waals surface area contributed by atoms with E-state index >= 15 is 0 Å². The number of carbonyl (C=O) groups excluding carboxylic acids is 2. The molecule has 7 nitrogen and oxygen atoms in total. The van der Waals surface area contributed by atoms with E-state index in [1.165, 1.54) is 0 Å². The Kier molecular flexibility index (Phi) is 6.92. The van der Waals surface area contributed by atoms with E-state index in [2.05, 4.69) is 4.90 Å². The number of piperazine rings is 1. The fourth-order valence-electron chi connectivity index (χ4n) is 3.61. The lowest BCUT2D eigenvalue weighted by molar-refractivity contribution is -0.135. The van der Waals surface area contributed by atoms with Gasteiger partial charge in [-0.05, 0) is 18.6 Å². The number of amides is 2. The molecule has 2 heterocycles. The fraction of sp³-hybridized carbons (Fsp3) is 0.600. The summed E-state index contributed by atoms with van der Waals surface area (Å²) >= 11 is 0. The molecule has 0 bridgehead atoms. The quantitative estimate of drug-likeness (QED) is 0.752. The molecule has 3 rings (SSSR count). The molecular formula is C20H29N3O4. The molecule has 0 N–H and O–H groups in total. The van der Waals surface area contributed by atoms with Gasteiger partial charge in [-0.3, -0.25) is 9.59 Å². The van der Waals surface area contributed by atoms with E-state index in [4.69, 9.17) is 9.47 Å². The lowest BCUT2D eigenvalue weighted by atomic mass is 10.1. The Hall–Kier alpha value is -2.28. The van der Waals surface area contributed by atoms with Crippen LogP contribution in [0.15, 0.2) is 24.3 Å². The Morgan fingerprint density at radius 2 is 1.52 bits per heavy atom. The van der Waals surface area contributed by atoms with Gasteiger partial charge in [-0.1, -0.05) is 12.1 Å². The van der Waals surface area contributed by atoms with Crippen LogP contribution in [0.25, 0.3) is 0 Å². The number of rotatable bonds is 6. The monoisotopic (exact) mass is 375 g/mol. The standard InChI is InChI=1S/C20H29N3O4/c1-26-18-6-3-2-5-17(18)21-9-11-22(12-10-21)19(24)7-4-8-20(25)23-13-15-27-16-14-23/h2-3,5-6H,4,7-16H2,1H3. The van der Waals surface area contributed by atoms with Gasteiger partial charge in [-0.25, -0.2) is 0 Å². The van der Waals surface area contributed by atoms with Crippen molar-refractivity contribution in [1.82, 2.24) is 9.80 Å². The maximum atomic E-state index is 12.5. The predicted molar refractivity (Wildman–Crippen MR) is 103 cm³/mol. The zero-order valence-corrected chi connectivity index (χ0v) is 16.1. The molecule has 2 aliphatic rings. The van der Waals surface area contributed by atoms with Gasteiger partial charge in [0, 0.05) is 52.1 Å². The molecule has 0 saturated carbocycles. The molecule has 2 fully saturated rings. The second-order valence-electron chi connectivity index (χ2n) is 6.89. The van der Waals surface area contributed by atoms with E-state index in [0.29, 0.717) is 58.7 Å². The molecule has 27 heavy (non-hydrogen) atoms. The van der Waals surface area contributed by atoms with Gasteiger partial charge in [0.05, 0.1) is 26.0 Å². The molecule has 0 unspecified atom stereocenters. The van der Waals surface area contributed by atoms with Gasteiger partial charge in [0.15, 0.2) is 0 Å². The van der Waals surface area contributed by atoms with Gasteiger partial charge >= 0.3 is 0 Å². The number of hydrogen-bond acceptors (Lipinski definition) is 5. The van der Waals surface area contributed by atoms with E-state index in [9.17, 15) is 9.59 Å². The molecule has 148 valence electrons. The highest BCUT2D eigenvalue weighted by Crippen LogP contribution is 2.28. The van der Waals surface area contributed by atoms with Gasteiger partial charge in [0.1, 0.15) is 5.75 Å². The van der Waals surface area contributed by atoms with Crippen LogP contribution in [-0.4, -0.2) is 81.2 Å². The lowest BCUT2D eigenvalue weighted by Crippen LogP contribution is -2.48. The van der Waals surface area contributed by atoms with Crippen LogP contribution in [0.4, 0.5) is 5.69 Å². The summed E-state index contributed by atoms with van der Waals surface area (Å²) in [6, 6.07) is 7.97. The number of benzene rings is 1. The molecule has 2 saturated heterocycles. The summed E-state index contributed by atoms with van der Waals surface area (Å²) in [5, 5.41) is 0. The number of anilines is 1. The summed E-state index contributed by atoms with van der Waals surface area (Å²) < 4.78 is 10.7. The molecular weight excluding hydrogens is 346 g/mol. The molecule has 0 aliphatic carbocycles. The zero-order chi connectivity index (χ0) is 19.1. The summed E-state index contributed by atoms with van der Waals surface area (Å²) in [6.07, 6.45) is 1.49. The number of morpholine rings is 1. The number of nitrogens with zero attached hydrogens (tertiary/aromatic N) is 3. The van der Waals surface area contributed by atoms with Gasteiger partial charge in [-0.2, -0.15) is 0 Å². The first-order valence-electron chi connectivity index (χ1n) is 9.70. The van der Waals surface area contributed by atoms with Crippen LogP contribution >= 0.6 is 0 Å². The van der Waals surface area contributed by atoms with Crippen LogP contribution < -0.4 is 9.64 Å². The van der Waals surface area contributed by atoms with Crippen molar-refractivity contribution in [3.8, 4) is 5.75 Å². The van der Waals surface area contributed by atoms with Gasteiger partial charge in [-0.15, -0.1) is 0 Å². The first-order valence-corrected chi connectivity index (χ1v) is 9.70. The first kappa shape index (κ1) is 19.5. The maximum Gasteiger partial charge on any atom is 0.222 e. The second-order valence-corrected chi connectivity index (χ2v) is 6.89. The minimum Gasteiger partial charge on any atom is -0.495 e. The maximum absolute atomic E-state index is 12.5. The average molecular weight is 375 g/mol. The molecule has 0 spiro atoms. The summed E-state index contributed by atoms with van der Waals surface area (Å²) in [4.78, 5) is 30.6. The first-order chi connectivity index (χ1) is 13.2. The SMILES string of the molecule is COc1ccccc1N1CCN(C(=O)CCCC(=O)N2CCOCC2)CC1. The van der Waals surface area contributed by atoms with Crippen molar-refractivity contribution >= 4 is 17.5 Å². The largest absolute Gasteiger partial charge is 0.495 e. The molecule has 0 radical (unpaired) electrons. The third-order valence-electron chi connectivity index (χ3n) is 5.20. The van der Waals surface area contributed by atoms with Crippen LogP contribution in [0.5, 0.6) is 5.75 Å².